The average molecular weight is 210 g/mol. The highest BCUT2D eigenvalue weighted by Crippen LogP contribution is 2.35. The van der Waals surface area contributed by atoms with Crippen molar-refractivity contribution >= 4 is 11.6 Å². The molecule has 0 aromatic heterocycles. The summed E-state index contributed by atoms with van der Waals surface area (Å²) in [5.74, 6) is -1.32. The molecule has 0 radical (unpaired) electrons. The smallest absolute Gasteiger partial charge is 0.254 e. The fraction of sp³-hybridized carbons (Fsp3) is 0.300. The van der Waals surface area contributed by atoms with Crippen molar-refractivity contribution in [2.24, 2.45) is 5.73 Å². The van der Waals surface area contributed by atoms with Gasteiger partial charge < -0.3 is 21.7 Å². The molecule has 1 amide bonds. The van der Waals surface area contributed by atoms with E-state index in [2.05, 4.69) is 0 Å². The van der Waals surface area contributed by atoms with Crippen molar-refractivity contribution in [2.45, 2.75) is 19.8 Å². The summed E-state index contributed by atoms with van der Waals surface area (Å²) in [6.45, 7) is 1.91. The fourth-order valence-corrected chi connectivity index (χ4v) is 1.44. The minimum Gasteiger partial charge on any atom is -0.507 e. The quantitative estimate of drug-likeness (QED) is 0.335. The molecule has 0 saturated heterocycles. The van der Waals surface area contributed by atoms with Crippen LogP contribution in [0.1, 0.15) is 29.3 Å². The fourth-order valence-electron chi connectivity index (χ4n) is 1.44. The van der Waals surface area contributed by atoms with E-state index >= 15 is 0 Å². The summed E-state index contributed by atoms with van der Waals surface area (Å²) in [5.41, 5.74) is 10.6. The van der Waals surface area contributed by atoms with Crippen LogP contribution in [0.2, 0.25) is 0 Å². The number of benzene rings is 1. The maximum atomic E-state index is 11.0. The van der Waals surface area contributed by atoms with Crippen LogP contribution < -0.4 is 11.5 Å². The predicted octanol–water partition coefficient (Wildman–Crippen LogP) is 0.731. The van der Waals surface area contributed by atoms with E-state index in [4.69, 9.17) is 11.5 Å². The number of hydrogen-bond acceptors (Lipinski definition) is 4. The van der Waals surface area contributed by atoms with Crippen molar-refractivity contribution in [2.75, 3.05) is 5.73 Å². The number of carbonyl (C=O) groups is 1. The molecule has 0 atom stereocenters. The molecule has 1 rings (SSSR count). The summed E-state index contributed by atoms with van der Waals surface area (Å²) in [6.07, 6.45) is 1.31. The molecule has 0 bridgehead atoms. The molecule has 0 heterocycles. The number of aryl methyl sites for hydroxylation is 1. The number of phenols is 2. The molecule has 15 heavy (non-hydrogen) atoms. The number of hydrogen-bond donors (Lipinski definition) is 4. The molecule has 0 aliphatic heterocycles. The zero-order chi connectivity index (χ0) is 11.6. The van der Waals surface area contributed by atoms with Crippen molar-refractivity contribution in [3.63, 3.8) is 0 Å². The first-order valence-electron chi connectivity index (χ1n) is 4.62. The molecule has 0 unspecified atom stereocenters. The minimum atomic E-state index is -0.849. The predicted molar refractivity (Wildman–Crippen MR) is 56.7 cm³/mol. The van der Waals surface area contributed by atoms with Gasteiger partial charge in [-0.2, -0.15) is 0 Å². The zero-order valence-electron chi connectivity index (χ0n) is 8.45. The SMILES string of the molecule is CCCc1cc(O)c(N)c(C(N)=O)c1O. The molecule has 0 fully saturated rings. The average Bonchev–Trinajstić information content (AvgIpc) is 2.14. The normalized spacial score (nSPS) is 10.2. The van der Waals surface area contributed by atoms with Crippen molar-refractivity contribution in [1.82, 2.24) is 0 Å². The van der Waals surface area contributed by atoms with Gasteiger partial charge in [-0.1, -0.05) is 13.3 Å². The lowest BCUT2D eigenvalue weighted by atomic mass is 10.0. The summed E-state index contributed by atoms with van der Waals surface area (Å²) in [4.78, 5) is 11.0. The third-order valence-corrected chi connectivity index (χ3v) is 2.16. The summed E-state index contributed by atoms with van der Waals surface area (Å²) in [6, 6.07) is 1.35. The number of rotatable bonds is 3. The second-order valence-electron chi connectivity index (χ2n) is 3.31. The molecule has 0 aliphatic carbocycles. The van der Waals surface area contributed by atoms with E-state index in [1.54, 1.807) is 0 Å². The molecular formula is C10H14N2O3. The number of aromatic hydroxyl groups is 2. The highest BCUT2D eigenvalue weighted by atomic mass is 16.3. The Bertz CT molecular complexity index is 402. The molecule has 5 heteroatoms. The van der Waals surface area contributed by atoms with Crippen molar-refractivity contribution in [1.29, 1.82) is 0 Å². The highest BCUT2D eigenvalue weighted by Gasteiger charge is 2.18. The number of nitrogen functional groups attached to an aromatic ring is 1. The van der Waals surface area contributed by atoms with Gasteiger partial charge in [-0.3, -0.25) is 4.79 Å². The van der Waals surface area contributed by atoms with E-state index in [0.717, 1.165) is 6.42 Å². The van der Waals surface area contributed by atoms with E-state index < -0.39 is 5.91 Å². The van der Waals surface area contributed by atoms with Gasteiger partial charge in [0.2, 0.25) is 0 Å². The van der Waals surface area contributed by atoms with Gasteiger partial charge in [0.25, 0.3) is 5.91 Å². The van der Waals surface area contributed by atoms with Gasteiger partial charge in [-0.15, -0.1) is 0 Å². The van der Waals surface area contributed by atoms with Crippen LogP contribution in [0.4, 0.5) is 5.69 Å². The van der Waals surface area contributed by atoms with Crippen LogP contribution in [0.5, 0.6) is 11.5 Å². The number of anilines is 1. The topological polar surface area (TPSA) is 110 Å². The van der Waals surface area contributed by atoms with Crippen molar-refractivity contribution in [3.8, 4) is 11.5 Å². The Morgan fingerprint density at radius 3 is 2.53 bits per heavy atom. The Labute approximate surface area is 87.3 Å². The molecule has 0 spiro atoms. The van der Waals surface area contributed by atoms with E-state index in [-0.39, 0.29) is 22.7 Å². The van der Waals surface area contributed by atoms with Gasteiger partial charge in [-0.05, 0) is 18.1 Å². The first-order chi connectivity index (χ1) is 6.99. The van der Waals surface area contributed by atoms with Crippen molar-refractivity contribution in [3.05, 3.63) is 17.2 Å². The van der Waals surface area contributed by atoms with Gasteiger partial charge >= 0.3 is 0 Å². The summed E-state index contributed by atoms with van der Waals surface area (Å²) in [5, 5.41) is 19.1. The monoisotopic (exact) mass is 210 g/mol. The second kappa shape index (κ2) is 4.08. The molecule has 0 saturated carbocycles. The summed E-state index contributed by atoms with van der Waals surface area (Å²) < 4.78 is 0. The number of phenolic OH excluding ortho intramolecular Hbond substituents is 1. The van der Waals surface area contributed by atoms with E-state index in [1.807, 2.05) is 6.92 Å². The van der Waals surface area contributed by atoms with Crippen LogP contribution in [-0.4, -0.2) is 16.1 Å². The first kappa shape index (κ1) is 11.2. The third-order valence-electron chi connectivity index (χ3n) is 2.16. The van der Waals surface area contributed by atoms with Gasteiger partial charge in [0, 0.05) is 0 Å². The Hall–Kier alpha value is -1.91. The number of amides is 1. The Morgan fingerprint density at radius 1 is 1.47 bits per heavy atom. The van der Waals surface area contributed by atoms with Gasteiger partial charge in [-0.25, -0.2) is 0 Å². The van der Waals surface area contributed by atoms with Gasteiger partial charge in [0.15, 0.2) is 0 Å². The minimum absolute atomic E-state index is 0.181. The second-order valence-corrected chi connectivity index (χ2v) is 3.31. The van der Waals surface area contributed by atoms with E-state index in [1.165, 1.54) is 6.07 Å². The third kappa shape index (κ3) is 1.96. The summed E-state index contributed by atoms with van der Waals surface area (Å²) >= 11 is 0. The standard InChI is InChI=1S/C10H14N2O3/c1-2-3-5-4-6(13)8(11)7(9(5)14)10(12)15/h4,13-14H,2-3,11H2,1H3,(H2,12,15). The van der Waals surface area contributed by atoms with Crippen LogP contribution in [0, 0.1) is 0 Å². The lowest BCUT2D eigenvalue weighted by molar-refractivity contribution is 0.0998. The lowest BCUT2D eigenvalue weighted by Crippen LogP contribution is -2.14. The number of carbonyl (C=O) groups excluding carboxylic acids is 1. The van der Waals surface area contributed by atoms with E-state index in [9.17, 15) is 15.0 Å². The largest absolute Gasteiger partial charge is 0.507 e. The highest BCUT2D eigenvalue weighted by molar-refractivity contribution is 6.02. The summed E-state index contributed by atoms with van der Waals surface area (Å²) in [7, 11) is 0. The molecule has 5 nitrogen and oxygen atoms in total. The van der Waals surface area contributed by atoms with Crippen LogP contribution in [0.3, 0.4) is 0 Å². The Balaban J connectivity index is 3.42. The number of nitrogens with two attached hydrogens (primary N) is 2. The Kier molecular flexibility index (Phi) is 3.04. The lowest BCUT2D eigenvalue weighted by Gasteiger charge is -2.11. The molecule has 1 aromatic carbocycles. The van der Waals surface area contributed by atoms with Crippen LogP contribution in [-0.2, 0) is 6.42 Å². The molecule has 6 N–H and O–H groups in total. The molecule has 0 aliphatic rings. The maximum Gasteiger partial charge on any atom is 0.254 e. The molecule has 82 valence electrons. The molecule has 1 aromatic rings. The zero-order valence-corrected chi connectivity index (χ0v) is 8.45. The van der Waals surface area contributed by atoms with Crippen molar-refractivity contribution < 1.29 is 15.0 Å². The first-order valence-corrected chi connectivity index (χ1v) is 4.62. The van der Waals surface area contributed by atoms with E-state index in [0.29, 0.717) is 12.0 Å². The Morgan fingerprint density at radius 2 is 2.07 bits per heavy atom. The maximum absolute atomic E-state index is 11.0. The van der Waals surface area contributed by atoms with Crippen LogP contribution in [0.25, 0.3) is 0 Å². The van der Waals surface area contributed by atoms with Gasteiger partial charge in [0.1, 0.15) is 17.1 Å². The number of primary amides is 1. The molecular weight excluding hydrogens is 196 g/mol. The van der Waals surface area contributed by atoms with Crippen LogP contribution >= 0.6 is 0 Å². The van der Waals surface area contributed by atoms with Crippen LogP contribution in [0.15, 0.2) is 6.07 Å². The van der Waals surface area contributed by atoms with Gasteiger partial charge in [0.05, 0.1) is 5.69 Å².